The van der Waals surface area contributed by atoms with Gasteiger partial charge in [-0.15, -0.1) is 0 Å². The Kier molecular flexibility index (Phi) is 8.52. The van der Waals surface area contributed by atoms with Gasteiger partial charge in [-0.05, 0) is 91.0 Å². The predicted molar refractivity (Wildman–Crippen MR) is 283 cm³/mol. The second-order valence-corrected chi connectivity index (χ2v) is 17.6. The molecule has 0 radical (unpaired) electrons. The molecule has 68 heavy (non-hydrogen) atoms. The van der Waals surface area contributed by atoms with Gasteiger partial charge in [-0.1, -0.05) is 200 Å². The average Bonchev–Trinajstić information content (AvgIpc) is 3.94. The van der Waals surface area contributed by atoms with Crippen molar-refractivity contribution in [2.45, 2.75) is 0 Å². The minimum atomic E-state index is 0.563. The van der Waals surface area contributed by atoms with Crippen molar-refractivity contribution in [3.8, 4) is 56.7 Å². The predicted octanol–water partition coefficient (Wildman–Crippen LogP) is 16.2. The van der Waals surface area contributed by atoms with Gasteiger partial charge < -0.3 is 4.57 Å². The first-order valence-corrected chi connectivity index (χ1v) is 23.1. The monoisotopic (exact) mass is 865 g/mol. The molecule has 0 aliphatic rings. The summed E-state index contributed by atoms with van der Waals surface area (Å²) in [6, 6.07) is 84.7. The third-order valence-electron chi connectivity index (χ3n) is 13.8. The quantitative estimate of drug-likeness (QED) is 0.156. The van der Waals surface area contributed by atoms with Crippen LogP contribution in [0.15, 0.2) is 237 Å². The standard InChI is InChI=1S/C63H39N5/c1-3-16-40(17-4-1)41-30-32-43(33-31-41)62-64-61(42-18-5-2-6-19-42)65-63(66-62)68-57-29-14-12-27-54(57)59-58(68)37-36-53-52-26-11-13-28-56(52)67(60(53)59)46-21-15-20-44(38-46)45-34-35-51-49-24-8-7-22-47(49)48-23-9-10-25-50(48)55(51)39-45/h1-39H. The Labute approximate surface area is 391 Å². The minimum absolute atomic E-state index is 0.563. The highest BCUT2D eigenvalue weighted by molar-refractivity contribution is 6.27. The molecule has 0 aliphatic heterocycles. The molecule has 0 fully saturated rings. The van der Waals surface area contributed by atoms with Gasteiger partial charge in [0.05, 0.1) is 22.1 Å². The maximum absolute atomic E-state index is 5.31. The molecule has 14 rings (SSSR count). The number of nitrogens with zero attached hydrogens (tertiary/aromatic N) is 5. The molecular formula is C63H39N5. The number of hydrogen-bond acceptors (Lipinski definition) is 3. The fourth-order valence-corrected chi connectivity index (χ4v) is 10.7. The first-order valence-electron chi connectivity index (χ1n) is 23.1. The molecule has 0 unspecified atom stereocenters. The molecule has 5 nitrogen and oxygen atoms in total. The molecule has 0 amide bonds. The topological polar surface area (TPSA) is 48.5 Å². The molecule has 0 aliphatic carbocycles. The van der Waals surface area contributed by atoms with Crippen molar-refractivity contribution in [2.24, 2.45) is 0 Å². The number of para-hydroxylation sites is 2. The van der Waals surface area contributed by atoms with Crippen LogP contribution in [-0.4, -0.2) is 24.1 Å². The molecule has 0 saturated carbocycles. The lowest BCUT2D eigenvalue weighted by atomic mass is 9.92. The number of hydrogen-bond donors (Lipinski definition) is 0. The van der Waals surface area contributed by atoms with Gasteiger partial charge in [0, 0.05) is 38.4 Å². The van der Waals surface area contributed by atoms with Crippen LogP contribution in [0.2, 0.25) is 0 Å². The molecule has 316 valence electrons. The second kappa shape index (κ2) is 15.2. The van der Waals surface area contributed by atoms with Crippen molar-refractivity contribution in [2.75, 3.05) is 0 Å². The summed E-state index contributed by atoms with van der Waals surface area (Å²) in [5.41, 5.74) is 11.9. The molecule has 0 saturated heterocycles. The van der Waals surface area contributed by atoms with Gasteiger partial charge >= 0.3 is 0 Å². The normalized spacial score (nSPS) is 11.8. The van der Waals surface area contributed by atoms with Crippen LogP contribution in [0, 0.1) is 0 Å². The van der Waals surface area contributed by atoms with Crippen LogP contribution in [0.25, 0.3) is 133 Å². The lowest BCUT2D eigenvalue weighted by molar-refractivity contribution is 0.953. The minimum Gasteiger partial charge on any atom is -0.309 e. The summed E-state index contributed by atoms with van der Waals surface area (Å²) in [5.74, 6) is 1.79. The molecule has 0 bridgehead atoms. The van der Waals surface area contributed by atoms with Gasteiger partial charge in [0.1, 0.15) is 0 Å². The summed E-state index contributed by atoms with van der Waals surface area (Å²) in [6.07, 6.45) is 0. The van der Waals surface area contributed by atoms with E-state index in [1.54, 1.807) is 0 Å². The molecule has 0 N–H and O–H groups in total. The molecule has 3 aromatic heterocycles. The van der Waals surface area contributed by atoms with E-state index in [-0.39, 0.29) is 0 Å². The fraction of sp³-hybridized carbons (Fsp3) is 0. The zero-order valence-electron chi connectivity index (χ0n) is 36.8. The number of rotatable bonds is 6. The van der Waals surface area contributed by atoms with Crippen LogP contribution in [-0.2, 0) is 0 Å². The van der Waals surface area contributed by atoms with Crippen molar-refractivity contribution in [1.82, 2.24) is 24.1 Å². The third-order valence-corrected chi connectivity index (χ3v) is 13.8. The second-order valence-electron chi connectivity index (χ2n) is 17.6. The van der Waals surface area contributed by atoms with Crippen LogP contribution < -0.4 is 0 Å². The molecule has 0 spiro atoms. The van der Waals surface area contributed by atoms with Gasteiger partial charge in [-0.25, -0.2) is 4.98 Å². The Morgan fingerprint density at radius 3 is 1.38 bits per heavy atom. The maximum Gasteiger partial charge on any atom is 0.238 e. The molecule has 11 aromatic carbocycles. The first-order chi connectivity index (χ1) is 33.7. The van der Waals surface area contributed by atoms with E-state index in [4.69, 9.17) is 15.0 Å². The number of fused-ring (bicyclic) bond motifs is 13. The Bertz CT molecular complexity index is 4270. The molecule has 3 heterocycles. The zero-order chi connectivity index (χ0) is 44.7. The lowest BCUT2D eigenvalue weighted by Crippen LogP contribution is -2.06. The van der Waals surface area contributed by atoms with Crippen LogP contribution in [0.3, 0.4) is 0 Å². The number of aromatic nitrogens is 5. The Balaban J connectivity index is 0.989. The van der Waals surface area contributed by atoms with Gasteiger partial charge in [0.15, 0.2) is 11.6 Å². The smallest absolute Gasteiger partial charge is 0.238 e. The van der Waals surface area contributed by atoms with E-state index < -0.39 is 0 Å². The highest BCUT2D eigenvalue weighted by Gasteiger charge is 2.23. The fourth-order valence-electron chi connectivity index (χ4n) is 10.7. The summed E-state index contributed by atoms with van der Waals surface area (Å²) >= 11 is 0. The zero-order valence-corrected chi connectivity index (χ0v) is 36.8. The summed E-state index contributed by atoms with van der Waals surface area (Å²) in [6.45, 7) is 0. The SMILES string of the molecule is c1ccc(-c2ccc(-c3nc(-c4ccccc4)nc(-n4c5ccccc5c5c4ccc4c6ccccc6n(-c6cccc(-c7ccc8c9ccccc9c9ccccc9c8c7)c6)c45)n3)cc2)cc1. The number of benzene rings is 11. The Morgan fingerprint density at radius 2 is 0.706 bits per heavy atom. The third kappa shape index (κ3) is 5.93. The van der Waals surface area contributed by atoms with Crippen LogP contribution in [0.5, 0.6) is 0 Å². The van der Waals surface area contributed by atoms with Gasteiger partial charge in [0.2, 0.25) is 5.95 Å². The van der Waals surface area contributed by atoms with Crippen LogP contribution in [0.1, 0.15) is 0 Å². The van der Waals surface area contributed by atoms with E-state index in [0.717, 1.165) is 66.3 Å². The van der Waals surface area contributed by atoms with Gasteiger partial charge in [-0.3, -0.25) is 4.57 Å². The average molecular weight is 866 g/mol. The van der Waals surface area contributed by atoms with Crippen molar-refractivity contribution >= 4 is 75.9 Å². The summed E-state index contributed by atoms with van der Waals surface area (Å²) in [5, 5.41) is 12.3. The summed E-state index contributed by atoms with van der Waals surface area (Å²) < 4.78 is 4.68. The van der Waals surface area contributed by atoms with Crippen molar-refractivity contribution in [3.05, 3.63) is 237 Å². The highest BCUT2D eigenvalue weighted by atomic mass is 15.2. The maximum atomic E-state index is 5.31. The molecular weight excluding hydrogens is 827 g/mol. The molecule has 14 aromatic rings. The Morgan fingerprint density at radius 1 is 0.250 bits per heavy atom. The highest BCUT2D eigenvalue weighted by Crippen LogP contribution is 2.43. The van der Waals surface area contributed by atoms with E-state index in [1.807, 2.05) is 24.3 Å². The van der Waals surface area contributed by atoms with Gasteiger partial charge in [0.25, 0.3) is 0 Å². The van der Waals surface area contributed by atoms with Crippen molar-refractivity contribution < 1.29 is 0 Å². The van der Waals surface area contributed by atoms with E-state index in [2.05, 4.69) is 221 Å². The van der Waals surface area contributed by atoms with Crippen molar-refractivity contribution in [3.63, 3.8) is 0 Å². The largest absolute Gasteiger partial charge is 0.309 e. The molecule has 5 heteroatoms. The van der Waals surface area contributed by atoms with Crippen LogP contribution in [0.4, 0.5) is 0 Å². The van der Waals surface area contributed by atoms with Gasteiger partial charge in [-0.2, -0.15) is 9.97 Å². The van der Waals surface area contributed by atoms with Crippen LogP contribution >= 0.6 is 0 Å². The Hall–Kier alpha value is -9.19. The lowest BCUT2D eigenvalue weighted by Gasteiger charge is -2.14. The first kappa shape index (κ1) is 38.1. The van der Waals surface area contributed by atoms with E-state index in [0.29, 0.717) is 17.6 Å². The van der Waals surface area contributed by atoms with E-state index >= 15 is 0 Å². The summed E-state index contributed by atoms with van der Waals surface area (Å²) in [7, 11) is 0. The molecule has 0 atom stereocenters. The van der Waals surface area contributed by atoms with E-state index in [9.17, 15) is 0 Å². The summed E-state index contributed by atoms with van der Waals surface area (Å²) in [4.78, 5) is 15.7. The van der Waals surface area contributed by atoms with E-state index in [1.165, 1.54) is 48.7 Å². The van der Waals surface area contributed by atoms with Crippen molar-refractivity contribution in [1.29, 1.82) is 0 Å².